The van der Waals surface area contributed by atoms with Gasteiger partial charge in [0.15, 0.2) is 17.5 Å². The minimum Gasteiger partial charge on any atom is -0.490 e. The van der Waals surface area contributed by atoms with Gasteiger partial charge in [0.2, 0.25) is 5.88 Å². The van der Waals surface area contributed by atoms with Gasteiger partial charge in [0.05, 0.1) is 6.61 Å². The summed E-state index contributed by atoms with van der Waals surface area (Å²) in [6.45, 7) is 9.88. The number of nitrogens with one attached hydrogen (secondary N) is 1. The number of nitrogens with zero attached hydrogens (tertiary/aromatic N) is 3. The smallest absolute Gasteiger partial charge is 0.219 e. The van der Waals surface area contributed by atoms with E-state index in [2.05, 4.69) is 34.0 Å². The van der Waals surface area contributed by atoms with Crippen LogP contribution in [0.3, 0.4) is 0 Å². The summed E-state index contributed by atoms with van der Waals surface area (Å²) in [5, 5.41) is 3.44. The SMILES string of the molecule is CCOc1ccccc1Oc1ccc(CNC(=NC)N2CCC(C)(C)C2)cn1.I. The second-order valence-electron chi connectivity index (χ2n) is 7.72. The average Bonchev–Trinajstić information content (AvgIpc) is 3.05. The lowest BCUT2D eigenvalue weighted by Crippen LogP contribution is -2.40. The van der Waals surface area contributed by atoms with Gasteiger partial charge in [-0.25, -0.2) is 4.98 Å². The lowest BCUT2D eigenvalue weighted by molar-refractivity contribution is 0.319. The average molecular weight is 510 g/mol. The van der Waals surface area contributed by atoms with Gasteiger partial charge in [0, 0.05) is 38.9 Å². The van der Waals surface area contributed by atoms with E-state index in [0.29, 0.717) is 30.2 Å². The van der Waals surface area contributed by atoms with Crippen LogP contribution in [-0.4, -0.2) is 42.6 Å². The van der Waals surface area contributed by atoms with E-state index in [9.17, 15) is 0 Å². The Morgan fingerprint density at radius 3 is 2.55 bits per heavy atom. The number of hydrogen-bond acceptors (Lipinski definition) is 4. The molecule has 0 radical (unpaired) electrons. The minimum atomic E-state index is 0. The van der Waals surface area contributed by atoms with E-state index in [1.807, 2.05) is 56.6 Å². The van der Waals surface area contributed by atoms with Crippen LogP contribution < -0.4 is 14.8 Å². The zero-order chi connectivity index (χ0) is 20.0. The first-order chi connectivity index (χ1) is 13.5. The number of pyridine rings is 1. The molecule has 1 fully saturated rings. The molecule has 0 bridgehead atoms. The van der Waals surface area contributed by atoms with E-state index in [-0.39, 0.29) is 24.0 Å². The number of ether oxygens (including phenoxy) is 2. The number of halogens is 1. The Morgan fingerprint density at radius 2 is 1.97 bits per heavy atom. The summed E-state index contributed by atoms with van der Waals surface area (Å²) in [7, 11) is 1.83. The van der Waals surface area contributed by atoms with E-state index in [1.165, 1.54) is 6.42 Å². The second-order valence-corrected chi connectivity index (χ2v) is 7.72. The molecule has 0 amide bonds. The molecule has 3 rings (SSSR count). The molecule has 1 aliphatic rings. The van der Waals surface area contributed by atoms with E-state index >= 15 is 0 Å². The summed E-state index contributed by atoms with van der Waals surface area (Å²) >= 11 is 0. The van der Waals surface area contributed by atoms with Crippen LogP contribution in [-0.2, 0) is 6.54 Å². The number of benzene rings is 1. The molecule has 1 N–H and O–H groups in total. The Morgan fingerprint density at radius 1 is 1.21 bits per heavy atom. The van der Waals surface area contributed by atoms with E-state index in [1.54, 1.807) is 0 Å². The van der Waals surface area contributed by atoms with E-state index in [4.69, 9.17) is 9.47 Å². The largest absolute Gasteiger partial charge is 0.490 e. The predicted molar refractivity (Wildman–Crippen MR) is 128 cm³/mol. The highest BCUT2D eigenvalue weighted by molar-refractivity contribution is 14.0. The summed E-state index contributed by atoms with van der Waals surface area (Å²) < 4.78 is 11.5. The van der Waals surface area contributed by atoms with E-state index < -0.39 is 0 Å². The van der Waals surface area contributed by atoms with Crippen LogP contribution in [0.1, 0.15) is 32.8 Å². The molecule has 1 aromatic heterocycles. The van der Waals surface area contributed by atoms with Gasteiger partial charge in [0.25, 0.3) is 0 Å². The monoisotopic (exact) mass is 510 g/mol. The fourth-order valence-electron chi connectivity index (χ4n) is 3.30. The fraction of sp³-hybridized carbons (Fsp3) is 0.455. The van der Waals surface area contributed by atoms with Crippen molar-refractivity contribution >= 4 is 29.9 Å². The summed E-state index contributed by atoms with van der Waals surface area (Å²) in [6.07, 6.45) is 3.01. The molecule has 0 saturated carbocycles. The van der Waals surface area contributed by atoms with Gasteiger partial charge in [0.1, 0.15) is 0 Å². The Labute approximate surface area is 190 Å². The molecule has 7 heteroatoms. The third-order valence-corrected chi connectivity index (χ3v) is 4.80. The third kappa shape index (κ3) is 6.48. The Balaban J connectivity index is 0.00000300. The zero-order valence-corrected chi connectivity index (χ0v) is 20.0. The molecular weight excluding hydrogens is 479 g/mol. The summed E-state index contributed by atoms with van der Waals surface area (Å²) in [5.74, 6) is 2.87. The standard InChI is InChI=1S/C22H30N4O2.HI/c1-5-27-18-8-6-7-9-19(18)28-20-11-10-17(14-24-20)15-25-21(23-4)26-13-12-22(2,3)16-26;/h6-11,14H,5,12-13,15-16H2,1-4H3,(H,23,25);1H. The van der Waals surface area contributed by atoms with Gasteiger partial charge in [-0.3, -0.25) is 4.99 Å². The van der Waals surface area contributed by atoms with Crippen molar-refractivity contribution < 1.29 is 9.47 Å². The molecule has 1 saturated heterocycles. The van der Waals surface area contributed by atoms with Gasteiger partial charge in [-0.1, -0.05) is 32.0 Å². The van der Waals surface area contributed by atoms with Crippen LogP contribution in [0.2, 0.25) is 0 Å². The zero-order valence-electron chi connectivity index (χ0n) is 17.6. The van der Waals surface area contributed by atoms with Gasteiger partial charge >= 0.3 is 0 Å². The lowest BCUT2D eigenvalue weighted by Gasteiger charge is -2.23. The first kappa shape index (κ1) is 23.3. The molecule has 0 unspecified atom stereocenters. The van der Waals surface area contributed by atoms with Crippen molar-refractivity contribution in [3.8, 4) is 17.4 Å². The van der Waals surface area contributed by atoms with E-state index in [0.717, 1.165) is 30.4 Å². The summed E-state index contributed by atoms with van der Waals surface area (Å²) in [5.41, 5.74) is 1.42. The molecule has 6 nitrogen and oxygen atoms in total. The number of likely N-dealkylation sites (tertiary alicyclic amines) is 1. The van der Waals surface area contributed by atoms with Crippen LogP contribution in [0.5, 0.6) is 17.4 Å². The molecule has 2 heterocycles. The van der Waals surface area contributed by atoms with Crippen LogP contribution in [0.15, 0.2) is 47.6 Å². The maximum absolute atomic E-state index is 5.88. The topological polar surface area (TPSA) is 59.0 Å². The second kappa shape index (κ2) is 10.7. The first-order valence-electron chi connectivity index (χ1n) is 9.81. The normalized spacial score (nSPS) is 15.6. The highest BCUT2D eigenvalue weighted by atomic mass is 127. The highest BCUT2D eigenvalue weighted by Crippen LogP contribution is 2.30. The van der Waals surface area contributed by atoms with Crippen molar-refractivity contribution in [2.75, 3.05) is 26.7 Å². The van der Waals surface area contributed by atoms with Crippen LogP contribution in [0.4, 0.5) is 0 Å². The number of guanidine groups is 1. The maximum Gasteiger partial charge on any atom is 0.219 e. The molecule has 0 atom stereocenters. The number of aliphatic imine (C=N–C) groups is 1. The Bertz CT molecular complexity index is 809. The van der Waals surface area contributed by atoms with Gasteiger partial charge < -0.3 is 19.7 Å². The van der Waals surface area contributed by atoms with Crippen LogP contribution >= 0.6 is 24.0 Å². The Kier molecular flexibility index (Phi) is 8.55. The molecule has 158 valence electrons. The number of rotatable bonds is 6. The number of hydrogen-bond donors (Lipinski definition) is 1. The number of aromatic nitrogens is 1. The minimum absolute atomic E-state index is 0. The fourth-order valence-corrected chi connectivity index (χ4v) is 3.30. The van der Waals surface area contributed by atoms with Crippen molar-refractivity contribution in [2.24, 2.45) is 10.4 Å². The molecule has 0 spiro atoms. The molecular formula is C22H31IN4O2. The van der Waals surface area contributed by atoms with Crippen molar-refractivity contribution in [3.05, 3.63) is 48.2 Å². The summed E-state index contributed by atoms with van der Waals surface area (Å²) in [4.78, 5) is 11.2. The van der Waals surface area contributed by atoms with Gasteiger partial charge in [-0.2, -0.15) is 0 Å². The van der Waals surface area contributed by atoms with Gasteiger partial charge in [-0.15, -0.1) is 24.0 Å². The van der Waals surface area contributed by atoms with Crippen molar-refractivity contribution in [2.45, 2.75) is 33.7 Å². The summed E-state index contributed by atoms with van der Waals surface area (Å²) in [6, 6.07) is 11.5. The molecule has 1 aliphatic heterocycles. The number of para-hydroxylation sites is 2. The molecule has 0 aliphatic carbocycles. The molecule has 29 heavy (non-hydrogen) atoms. The van der Waals surface area contributed by atoms with Crippen molar-refractivity contribution in [1.82, 2.24) is 15.2 Å². The van der Waals surface area contributed by atoms with Crippen LogP contribution in [0.25, 0.3) is 0 Å². The highest BCUT2D eigenvalue weighted by Gasteiger charge is 2.30. The van der Waals surface area contributed by atoms with Crippen molar-refractivity contribution in [1.29, 1.82) is 0 Å². The quantitative estimate of drug-likeness (QED) is 0.347. The molecule has 2 aromatic rings. The van der Waals surface area contributed by atoms with Gasteiger partial charge in [-0.05, 0) is 36.5 Å². The first-order valence-corrected chi connectivity index (χ1v) is 9.81. The third-order valence-electron chi connectivity index (χ3n) is 4.80. The predicted octanol–water partition coefficient (Wildman–Crippen LogP) is 4.70. The lowest BCUT2D eigenvalue weighted by atomic mass is 9.93. The maximum atomic E-state index is 5.88. The molecule has 1 aromatic carbocycles. The van der Waals surface area contributed by atoms with Crippen LogP contribution in [0, 0.1) is 5.41 Å². The van der Waals surface area contributed by atoms with Crippen molar-refractivity contribution in [3.63, 3.8) is 0 Å². The Hall–Kier alpha value is -2.03.